The highest BCUT2D eigenvalue weighted by Crippen LogP contribution is 2.32. The van der Waals surface area contributed by atoms with Gasteiger partial charge in [-0.2, -0.15) is 0 Å². The molecule has 2 rings (SSSR count). The van der Waals surface area contributed by atoms with Crippen LogP contribution < -0.4 is 4.74 Å². The maximum atomic E-state index is 13.9. The molecule has 0 saturated heterocycles. The van der Waals surface area contributed by atoms with E-state index in [-0.39, 0.29) is 29.0 Å². The first kappa shape index (κ1) is 18.2. The minimum absolute atomic E-state index is 0.110. The lowest BCUT2D eigenvalue weighted by atomic mass is 9.98. The number of hydrogen-bond donors (Lipinski definition) is 0. The van der Waals surface area contributed by atoms with Crippen LogP contribution in [0.1, 0.15) is 57.4 Å². The van der Waals surface area contributed by atoms with Gasteiger partial charge in [-0.05, 0) is 55.2 Å². The maximum Gasteiger partial charge on any atom is 0.165 e. The second-order valence-corrected chi connectivity index (χ2v) is 8.75. The summed E-state index contributed by atoms with van der Waals surface area (Å²) in [4.78, 5) is 0. The van der Waals surface area contributed by atoms with Gasteiger partial charge in [0.2, 0.25) is 0 Å². The first-order valence-corrected chi connectivity index (χ1v) is 10.4. The summed E-state index contributed by atoms with van der Waals surface area (Å²) >= 11 is 0. The molecule has 0 radical (unpaired) electrons. The lowest BCUT2D eigenvalue weighted by Crippen LogP contribution is -2.17. The van der Waals surface area contributed by atoms with Crippen molar-refractivity contribution in [3.05, 3.63) is 29.6 Å². The quantitative estimate of drug-likeness (QED) is 0.636. The molecule has 1 aliphatic rings. The van der Waals surface area contributed by atoms with Crippen LogP contribution >= 0.6 is 0 Å². The molecule has 1 saturated carbocycles. The van der Waals surface area contributed by atoms with Crippen LogP contribution in [-0.2, 0) is 9.84 Å². The Morgan fingerprint density at radius 1 is 1.30 bits per heavy atom. The van der Waals surface area contributed by atoms with Gasteiger partial charge in [0.1, 0.15) is 0 Å². The minimum atomic E-state index is -3.08. The van der Waals surface area contributed by atoms with Gasteiger partial charge in [0.25, 0.3) is 0 Å². The monoisotopic (exact) mass is 342 g/mol. The summed E-state index contributed by atoms with van der Waals surface area (Å²) in [5.41, 5.74) is 0.847. The molecule has 1 atom stereocenters. The van der Waals surface area contributed by atoms with Crippen LogP contribution in [0.15, 0.2) is 18.2 Å². The molecular weight excluding hydrogens is 315 g/mol. The molecule has 0 N–H and O–H groups in total. The molecular formula is C18H27FO3S. The number of benzene rings is 1. The largest absolute Gasteiger partial charge is 0.490 e. The molecule has 0 amide bonds. The van der Waals surface area contributed by atoms with E-state index in [1.165, 1.54) is 6.07 Å². The summed E-state index contributed by atoms with van der Waals surface area (Å²) in [6.45, 7) is 4.50. The molecule has 0 spiro atoms. The maximum absolute atomic E-state index is 13.9. The molecule has 5 heteroatoms. The lowest BCUT2D eigenvalue weighted by molar-refractivity contribution is 0.285. The molecule has 0 aromatic heterocycles. The number of hydrogen-bond acceptors (Lipinski definition) is 3. The topological polar surface area (TPSA) is 43.4 Å². The van der Waals surface area contributed by atoms with Gasteiger partial charge in [-0.3, -0.25) is 0 Å². The predicted molar refractivity (Wildman–Crippen MR) is 91.2 cm³/mol. The van der Waals surface area contributed by atoms with Gasteiger partial charge in [0.15, 0.2) is 21.4 Å². The van der Waals surface area contributed by atoms with Crippen molar-refractivity contribution in [2.24, 2.45) is 5.92 Å². The van der Waals surface area contributed by atoms with Crippen molar-refractivity contribution in [1.82, 2.24) is 0 Å². The Morgan fingerprint density at radius 3 is 2.65 bits per heavy atom. The van der Waals surface area contributed by atoms with E-state index in [2.05, 4.69) is 0 Å². The molecule has 0 bridgehead atoms. The molecule has 1 fully saturated rings. The number of rotatable bonds is 10. The Kier molecular flexibility index (Phi) is 6.45. The standard InChI is InChI=1S/C18H27FO3S/c1-3-5-10-23(20,21)13-15(4-2)16-8-9-17(19)18(11-16)22-12-14-6-7-14/h8-9,11,14-15H,3-7,10,12-13H2,1-2H3. The van der Waals surface area contributed by atoms with Crippen LogP contribution in [-0.4, -0.2) is 26.5 Å². The van der Waals surface area contributed by atoms with E-state index in [1.807, 2.05) is 13.8 Å². The Hall–Kier alpha value is -1.10. The molecule has 1 aromatic rings. The van der Waals surface area contributed by atoms with Crippen molar-refractivity contribution in [2.45, 2.75) is 51.9 Å². The molecule has 3 nitrogen and oxygen atoms in total. The van der Waals surface area contributed by atoms with Gasteiger partial charge >= 0.3 is 0 Å². The zero-order valence-corrected chi connectivity index (χ0v) is 14.9. The molecule has 130 valence electrons. The highest BCUT2D eigenvalue weighted by molar-refractivity contribution is 7.91. The first-order valence-electron chi connectivity index (χ1n) is 8.57. The first-order chi connectivity index (χ1) is 10.9. The van der Waals surface area contributed by atoms with E-state index < -0.39 is 9.84 Å². The van der Waals surface area contributed by atoms with E-state index in [1.54, 1.807) is 12.1 Å². The summed E-state index contributed by atoms with van der Waals surface area (Å²) in [7, 11) is -3.08. The second-order valence-electron chi connectivity index (χ2n) is 6.52. The zero-order valence-electron chi connectivity index (χ0n) is 14.1. The molecule has 0 aliphatic heterocycles. The van der Waals surface area contributed by atoms with Crippen LogP contribution in [0.25, 0.3) is 0 Å². The zero-order chi connectivity index (χ0) is 16.9. The Bertz CT molecular complexity index is 609. The van der Waals surface area contributed by atoms with Crippen LogP contribution in [0.4, 0.5) is 4.39 Å². The fourth-order valence-electron chi connectivity index (χ4n) is 2.58. The smallest absolute Gasteiger partial charge is 0.165 e. The van der Waals surface area contributed by atoms with Crippen LogP contribution in [0.2, 0.25) is 0 Å². The molecule has 1 aromatic carbocycles. The highest BCUT2D eigenvalue weighted by Gasteiger charge is 2.24. The third-order valence-electron chi connectivity index (χ3n) is 4.35. The third-order valence-corrected chi connectivity index (χ3v) is 6.18. The van der Waals surface area contributed by atoms with Crippen LogP contribution in [0.5, 0.6) is 5.75 Å². The predicted octanol–water partition coefficient (Wildman–Crippen LogP) is 4.32. The van der Waals surface area contributed by atoms with Crippen molar-refractivity contribution in [1.29, 1.82) is 0 Å². The summed E-state index contributed by atoms with van der Waals surface area (Å²) in [5.74, 6) is 0.663. The number of unbranched alkanes of at least 4 members (excludes halogenated alkanes) is 1. The van der Waals surface area contributed by atoms with E-state index in [9.17, 15) is 12.8 Å². The Balaban J connectivity index is 2.08. The number of halogens is 1. The Morgan fingerprint density at radius 2 is 2.04 bits per heavy atom. The lowest BCUT2D eigenvalue weighted by Gasteiger charge is -2.17. The normalized spacial score (nSPS) is 16.3. The van der Waals surface area contributed by atoms with Crippen molar-refractivity contribution in [3.8, 4) is 5.75 Å². The fourth-order valence-corrected chi connectivity index (χ4v) is 4.52. The molecule has 1 unspecified atom stereocenters. The molecule has 1 aliphatic carbocycles. The number of sulfone groups is 1. The van der Waals surface area contributed by atoms with E-state index in [0.717, 1.165) is 24.8 Å². The summed E-state index contributed by atoms with van der Waals surface area (Å²) in [6, 6.07) is 4.75. The van der Waals surface area contributed by atoms with E-state index >= 15 is 0 Å². The van der Waals surface area contributed by atoms with E-state index in [4.69, 9.17) is 4.74 Å². The van der Waals surface area contributed by atoms with Gasteiger partial charge in [0, 0.05) is 0 Å². The van der Waals surface area contributed by atoms with Crippen molar-refractivity contribution >= 4 is 9.84 Å². The van der Waals surface area contributed by atoms with Crippen molar-refractivity contribution < 1.29 is 17.5 Å². The summed E-state index contributed by atoms with van der Waals surface area (Å²) in [6.07, 6.45) is 4.56. The van der Waals surface area contributed by atoms with Crippen LogP contribution in [0.3, 0.4) is 0 Å². The van der Waals surface area contributed by atoms with Gasteiger partial charge in [-0.15, -0.1) is 0 Å². The third kappa shape index (κ3) is 5.79. The van der Waals surface area contributed by atoms with Gasteiger partial charge < -0.3 is 4.74 Å². The van der Waals surface area contributed by atoms with Gasteiger partial charge in [-0.25, -0.2) is 12.8 Å². The molecule has 0 heterocycles. The molecule has 23 heavy (non-hydrogen) atoms. The van der Waals surface area contributed by atoms with Crippen molar-refractivity contribution in [2.75, 3.05) is 18.1 Å². The van der Waals surface area contributed by atoms with Gasteiger partial charge in [0.05, 0.1) is 18.1 Å². The number of ether oxygens (including phenoxy) is 1. The average molecular weight is 342 g/mol. The Labute approximate surface area is 139 Å². The minimum Gasteiger partial charge on any atom is -0.490 e. The summed E-state index contributed by atoms with van der Waals surface area (Å²) < 4.78 is 43.8. The van der Waals surface area contributed by atoms with Crippen LogP contribution in [0, 0.1) is 11.7 Å². The second kappa shape index (κ2) is 8.13. The van der Waals surface area contributed by atoms with Crippen molar-refractivity contribution in [3.63, 3.8) is 0 Å². The SMILES string of the molecule is CCCCS(=O)(=O)CC(CC)c1ccc(F)c(OCC2CC2)c1. The summed E-state index contributed by atoms with van der Waals surface area (Å²) in [5, 5.41) is 0. The fraction of sp³-hybridized carbons (Fsp3) is 0.667. The van der Waals surface area contributed by atoms with E-state index in [0.29, 0.717) is 25.4 Å². The average Bonchev–Trinajstić information content (AvgIpc) is 3.34. The highest BCUT2D eigenvalue weighted by atomic mass is 32.2. The van der Waals surface area contributed by atoms with Gasteiger partial charge in [-0.1, -0.05) is 26.3 Å².